The number of pyridine rings is 1. The summed E-state index contributed by atoms with van der Waals surface area (Å²) in [6, 6.07) is 17.7. The first kappa shape index (κ1) is 20.9. The maximum absolute atomic E-state index is 11.5. The van der Waals surface area contributed by atoms with Crippen molar-refractivity contribution in [3.05, 3.63) is 72.1 Å². The van der Waals surface area contributed by atoms with Gasteiger partial charge in [0, 0.05) is 80.8 Å². The van der Waals surface area contributed by atoms with Crippen LogP contribution in [0.1, 0.15) is 18.1 Å². The molecule has 6 heteroatoms. The first-order valence-corrected chi connectivity index (χ1v) is 12.1. The molecule has 0 unspecified atom stereocenters. The standard InChI is InChI=1S/C28H29N5O/c1-19(34)33-12-10-32(11-13-33)18-20-2-4-21(5-3-20)24-15-25-26(17-31-28(25)30-16-24)22-6-7-27-23(14-22)8-9-29-27/h2-7,14-17,29H,8-13,18H2,1H3,(H,30,31). The summed E-state index contributed by atoms with van der Waals surface area (Å²) in [6.45, 7) is 7.08. The number of benzene rings is 2. The van der Waals surface area contributed by atoms with E-state index in [1.165, 1.54) is 33.5 Å². The van der Waals surface area contributed by atoms with Crippen LogP contribution in [0.4, 0.5) is 5.69 Å². The lowest BCUT2D eigenvalue weighted by Gasteiger charge is -2.34. The normalized spacial score (nSPS) is 16.0. The fourth-order valence-corrected chi connectivity index (χ4v) is 5.15. The van der Waals surface area contributed by atoms with Gasteiger partial charge in [0.15, 0.2) is 0 Å². The fraction of sp³-hybridized carbons (Fsp3) is 0.286. The van der Waals surface area contributed by atoms with E-state index >= 15 is 0 Å². The number of anilines is 1. The summed E-state index contributed by atoms with van der Waals surface area (Å²) in [5.74, 6) is 0.174. The third kappa shape index (κ3) is 3.94. The minimum Gasteiger partial charge on any atom is -0.384 e. The second-order valence-corrected chi connectivity index (χ2v) is 9.35. The molecular formula is C28H29N5O. The molecular weight excluding hydrogens is 422 g/mol. The summed E-state index contributed by atoms with van der Waals surface area (Å²) in [6.07, 6.45) is 5.10. The molecule has 4 heterocycles. The van der Waals surface area contributed by atoms with Gasteiger partial charge in [0.1, 0.15) is 5.65 Å². The van der Waals surface area contributed by atoms with Gasteiger partial charge in [0.2, 0.25) is 5.91 Å². The van der Waals surface area contributed by atoms with Crippen LogP contribution in [-0.2, 0) is 17.8 Å². The lowest BCUT2D eigenvalue weighted by molar-refractivity contribution is -0.130. The first-order chi connectivity index (χ1) is 16.6. The van der Waals surface area contributed by atoms with Crippen molar-refractivity contribution in [1.29, 1.82) is 0 Å². The topological polar surface area (TPSA) is 64.3 Å². The number of hydrogen-bond acceptors (Lipinski definition) is 4. The summed E-state index contributed by atoms with van der Waals surface area (Å²) < 4.78 is 0. The van der Waals surface area contributed by atoms with Crippen LogP contribution in [0, 0.1) is 0 Å². The SMILES string of the molecule is CC(=O)N1CCN(Cc2ccc(-c3cnc4[nH]cc(-c5ccc6c(c5)CCN6)c4c3)cc2)CC1. The Hall–Kier alpha value is -3.64. The van der Waals surface area contributed by atoms with Crippen LogP contribution in [-0.4, -0.2) is 58.4 Å². The van der Waals surface area contributed by atoms with Gasteiger partial charge >= 0.3 is 0 Å². The van der Waals surface area contributed by atoms with E-state index in [0.717, 1.165) is 62.3 Å². The maximum atomic E-state index is 11.5. The summed E-state index contributed by atoms with van der Waals surface area (Å²) in [5, 5.41) is 4.59. The van der Waals surface area contributed by atoms with E-state index in [9.17, 15) is 4.79 Å². The molecule has 0 saturated carbocycles. The quantitative estimate of drug-likeness (QED) is 0.479. The minimum atomic E-state index is 0.174. The predicted molar refractivity (Wildman–Crippen MR) is 137 cm³/mol. The average Bonchev–Trinajstić information content (AvgIpc) is 3.51. The van der Waals surface area contributed by atoms with Gasteiger partial charge in [-0.25, -0.2) is 4.98 Å². The summed E-state index contributed by atoms with van der Waals surface area (Å²) >= 11 is 0. The molecule has 0 aliphatic carbocycles. The maximum Gasteiger partial charge on any atom is 0.219 e. The number of H-pyrrole nitrogens is 1. The Morgan fingerprint density at radius 1 is 0.971 bits per heavy atom. The fourth-order valence-electron chi connectivity index (χ4n) is 5.15. The number of piperazine rings is 1. The molecule has 1 amide bonds. The third-order valence-corrected chi connectivity index (χ3v) is 7.17. The smallest absolute Gasteiger partial charge is 0.219 e. The first-order valence-electron chi connectivity index (χ1n) is 12.1. The number of rotatable bonds is 4. The van der Waals surface area contributed by atoms with E-state index in [0.29, 0.717) is 0 Å². The molecule has 1 fully saturated rings. The van der Waals surface area contributed by atoms with E-state index in [1.54, 1.807) is 6.92 Å². The highest BCUT2D eigenvalue weighted by Crippen LogP contribution is 2.34. The number of amides is 1. The van der Waals surface area contributed by atoms with Crippen LogP contribution in [0.3, 0.4) is 0 Å². The van der Waals surface area contributed by atoms with Crippen molar-refractivity contribution in [2.45, 2.75) is 19.9 Å². The predicted octanol–water partition coefficient (Wildman–Crippen LogP) is 4.53. The van der Waals surface area contributed by atoms with E-state index in [4.69, 9.17) is 4.98 Å². The van der Waals surface area contributed by atoms with Gasteiger partial charge < -0.3 is 15.2 Å². The van der Waals surface area contributed by atoms with Crippen molar-refractivity contribution in [3.8, 4) is 22.3 Å². The molecule has 2 aliphatic rings. The second-order valence-electron chi connectivity index (χ2n) is 9.35. The van der Waals surface area contributed by atoms with Crippen molar-refractivity contribution in [2.75, 3.05) is 38.0 Å². The zero-order valence-electron chi connectivity index (χ0n) is 19.5. The average molecular weight is 452 g/mol. The zero-order chi connectivity index (χ0) is 23.1. The van der Waals surface area contributed by atoms with Gasteiger partial charge in [-0.05, 0) is 46.9 Å². The van der Waals surface area contributed by atoms with E-state index in [-0.39, 0.29) is 5.91 Å². The van der Waals surface area contributed by atoms with Gasteiger partial charge in [-0.15, -0.1) is 0 Å². The largest absolute Gasteiger partial charge is 0.384 e. The molecule has 2 aromatic carbocycles. The lowest BCUT2D eigenvalue weighted by atomic mass is 9.99. The molecule has 1 saturated heterocycles. The van der Waals surface area contributed by atoms with E-state index in [2.05, 4.69) is 69.9 Å². The van der Waals surface area contributed by atoms with Crippen LogP contribution < -0.4 is 5.32 Å². The van der Waals surface area contributed by atoms with Crippen LogP contribution in [0.15, 0.2) is 60.9 Å². The third-order valence-electron chi connectivity index (χ3n) is 7.17. The minimum absolute atomic E-state index is 0.174. The van der Waals surface area contributed by atoms with Crippen molar-refractivity contribution >= 4 is 22.6 Å². The summed E-state index contributed by atoms with van der Waals surface area (Å²) in [4.78, 5) is 23.9. The molecule has 0 bridgehead atoms. The van der Waals surface area contributed by atoms with Crippen LogP contribution in [0.5, 0.6) is 0 Å². The number of fused-ring (bicyclic) bond motifs is 2. The second kappa shape index (κ2) is 8.61. The van der Waals surface area contributed by atoms with Crippen molar-refractivity contribution in [1.82, 2.24) is 19.8 Å². The highest BCUT2D eigenvalue weighted by Gasteiger charge is 2.18. The van der Waals surface area contributed by atoms with E-state index < -0.39 is 0 Å². The zero-order valence-corrected chi connectivity index (χ0v) is 19.5. The lowest BCUT2D eigenvalue weighted by Crippen LogP contribution is -2.47. The molecule has 4 aromatic rings. The molecule has 6 nitrogen and oxygen atoms in total. The number of nitrogens with one attached hydrogen (secondary N) is 2. The molecule has 2 aromatic heterocycles. The highest BCUT2D eigenvalue weighted by atomic mass is 16.2. The molecule has 172 valence electrons. The van der Waals surface area contributed by atoms with Gasteiger partial charge in [0.05, 0.1) is 0 Å². The molecule has 0 radical (unpaired) electrons. The Labute approximate surface area is 199 Å². The molecule has 2 N–H and O–H groups in total. The van der Waals surface area contributed by atoms with Gasteiger partial charge in [0.25, 0.3) is 0 Å². The van der Waals surface area contributed by atoms with Gasteiger partial charge in [-0.3, -0.25) is 9.69 Å². The Morgan fingerprint density at radius 2 is 1.76 bits per heavy atom. The number of nitrogens with zero attached hydrogens (tertiary/aromatic N) is 3. The number of carbonyl (C=O) groups excluding carboxylic acids is 1. The van der Waals surface area contributed by atoms with Crippen molar-refractivity contribution in [2.24, 2.45) is 0 Å². The Morgan fingerprint density at radius 3 is 2.56 bits per heavy atom. The van der Waals surface area contributed by atoms with Crippen molar-refractivity contribution in [3.63, 3.8) is 0 Å². The number of hydrogen-bond donors (Lipinski definition) is 2. The van der Waals surface area contributed by atoms with Gasteiger partial charge in [-0.2, -0.15) is 0 Å². The summed E-state index contributed by atoms with van der Waals surface area (Å²) in [7, 11) is 0. The number of aromatic nitrogens is 2. The van der Waals surface area contributed by atoms with E-state index in [1.807, 2.05) is 11.1 Å². The van der Waals surface area contributed by atoms with Gasteiger partial charge in [-0.1, -0.05) is 30.3 Å². The van der Waals surface area contributed by atoms with Crippen LogP contribution in [0.25, 0.3) is 33.3 Å². The Kier molecular flexibility index (Phi) is 5.30. The molecule has 6 rings (SSSR count). The molecule has 0 spiro atoms. The summed E-state index contributed by atoms with van der Waals surface area (Å²) in [5.41, 5.74) is 9.57. The van der Waals surface area contributed by atoms with Crippen LogP contribution >= 0.6 is 0 Å². The highest BCUT2D eigenvalue weighted by molar-refractivity contribution is 5.96. The number of aromatic amines is 1. The molecule has 2 aliphatic heterocycles. The van der Waals surface area contributed by atoms with Crippen LogP contribution in [0.2, 0.25) is 0 Å². The Bertz CT molecular complexity index is 1350. The monoisotopic (exact) mass is 451 g/mol. The molecule has 0 atom stereocenters. The van der Waals surface area contributed by atoms with Crippen molar-refractivity contribution < 1.29 is 4.79 Å². The number of carbonyl (C=O) groups is 1. The Balaban J connectivity index is 1.21. The molecule has 34 heavy (non-hydrogen) atoms.